The first-order valence-electron chi connectivity index (χ1n) is 7.61. The SMILES string of the molecule is CCN(Cc1cccs1)c1ccncc1CNCC(C)C. The van der Waals surface area contributed by atoms with Gasteiger partial charge in [0.2, 0.25) is 0 Å². The van der Waals surface area contributed by atoms with Crippen molar-refractivity contribution in [1.29, 1.82) is 0 Å². The van der Waals surface area contributed by atoms with Gasteiger partial charge in [-0.05, 0) is 36.9 Å². The second-order valence-electron chi connectivity index (χ2n) is 5.62. The Labute approximate surface area is 132 Å². The van der Waals surface area contributed by atoms with Gasteiger partial charge >= 0.3 is 0 Å². The third-order valence-electron chi connectivity index (χ3n) is 3.40. The maximum absolute atomic E-state index is 4.29. The fraction of sp³-hybridized carbons (Fsp3) is 0.471. The molecule has 2 rings (SSSR count). The second kappa shape index (κ2) is 8.15. The van der Waals surface area contributed by atoms with Gasteiger partial charge < -0.3 is 10.2 Å². The predicted molar refractivity (Wildman–Crippen MR) is 91.8 cm³/mol. The molecule has 3 nitrogen and oxygen atoms in total. The molecular formula is C17H25N3S. The number of nitrogens with one attached hydrogen (secondary N) is 1. The molecule has 0 saturated carbocycles. The van der Waals surface area contributed by atoms with E-state index >= 15 is 0 Å². The second-order valence-corrected chi connectivity index (χ2v) is 6.65. The van der Waals surface area contributed by atoms with Crippen molar-refractivity contribution < 1.29 is 0 Å². The minimum Gasteiger partial charge on any atom is -0.366 e. The van der Waals surface area contributed by atoms with Crippen molar-refractivity contribution in [1.82, 2.24) is 10.3 Å². The molecule has 0 saturated heterocycles. The van der Waals surface area contributed by atoms with E-state index in [1.807, 2.05) is 23.7 Å². The topological polar surface area (TPSA) is 28.2 Å². The fourth-order valence-electron chi connectivity index (χ4n) is 2.32. The number of anilines is 1. The number of hydrogen-bond donors (Lipinski definition) is 1. The van der Waals surface area contributed by atoms with Gasteiger partial charge in [-0.1, -0.05) is 19.9 Å². The molecule has 0 fully saturated rings. The number of nitrogens with zero attached hydrogens (tertiary/aromatic N) is 2. The van der Waals surface area contributed by atoms with Gasteiger partial charge in [0.15, 0.2) is 0 Å². The molecule has 21 heavy (non-hydrogen) atoms. The molecule has 0 atom stereocenters. The van der Waals surface area contributed by atoms with Crippen LogP contribution in [0.1, 0.15) is 31.2 Å². The Morgan fingerprint density at radius 2 is 2.19 bits per heavy atom. The molecule has 0 radical (unpaired) electrons. The quantitative estimate of drug-likeness (QED) is 0.801. The summed E-state index contributed by atoms with van der Waals surface area (Å²) in [7, 11) is 0. The van der Waals surface area contributed by atoms with Crippen molar-refractivity contribution in [2.24, 2.45) is 5.92 Å². The fourth-order valence-corrected chi connectivity index (χ4v) is 3.04. The maximum atomic E-state index is 4.29. The van der Waals surface area contributed by atoms with Gasteiger partial charge in [0.25, 0.3) is 0 Å². The van der Waals surface area contributed by atoms with Crippen molar-refractivity contribution in [2.45, 2.75) is 33.9 Å². The summed E-state index contributed by atoms with van der Waals surface area (Å²) in [6.45, 7) is 10.5. The summed E-state index contributed by atoms with van der Waals surface area (Å²) in [6.07, 6.45) is 3.87. The first-order chi connectivity index (χ1) is 10.2. The molecule has 0 aromatic carbocycles. The van der Waals surface area contributed by atoms with E-state index in [1.54, 1.807) is 0 Å². The largest absolute Gasteiger partial charge is 0.366 e. The molecule has 0 aliphatic heterocycles. The highest BCUT2D eigenvalue weighted by Crippen LogP contribution is 2.23. The molecule has 0 bridgehead atoms. The summed E-state index contributed by atoms with van der Waals surface area (Å²) in [5.41, 5.74) is 2.56. The number of pyridine rings is 1. The van der Waals surface area contributed by atoms with Crippen LogP contribution in [0.2, 0.25) is 0 Å². The van der Waals surface area contributed by atoms with Crippen LogP contribution in [0, 0.1) is 5.92 Å². The first-order valence-corrected chi connectivity index (χ1v) is 8.49. The van der Waals surface area contributed by atoms with Crippen LogP contribution in [0.25, 0.3) is 0 Å². The summed E-state index contributed by atoms with van der Waals surface area (Å²) in [4.78, 5) is 8.11. The molecule has 0 aliphatic rings. The van der Waals surface area contributed by atoms with Crippen molar-refractivity contribution >= 4 is 17.0 Å². The number of aromatic nitrogens is 1. The van der Waals surface area contributed by atoms with Gasteiger partial charge in [0.1, 0.15) is 0 Å². The van der Waals surface area contributed by atoms with Crippen LogP contribution in [0.3, 0.4) is 0 Å². The molecule has 2 aromatic heterocycles. The summed E-state index contributed by atoms with van der Waals surface area (Å²) in [5, 5.41) is 5.65. The Morgan fingerprint density at radius 1 is 1.33 bits per heavy atom. The number of hydrogen-bond acceptors (Lipinski definition) is 4. The van der Waals surface area contributed by atoms with Crippen LogP contribution in [0.5, 0.6) is 0 Å². The van der Waals surface area contributed by atoms with Gasteiger partial charge in [0, 0.05) is 41.6 Å². The number of rotatable bonds is 8. The third-order valence-corrected chi connectivity index (χ3v) is 4.26. The third kappa shape index (κ3) is 4.83. The summed E-state index contributed by atoms with van der Waals surface area (Å²) in [5.74, 6) is 0.665. The summed E-state index contributed by atoms with van der Waals surface area (Å²) < 4.78 is 0. The van der Waals surface area contributed by atoms with Crippen LogP contribution in [-0.2, 0) is 13.1 Å². The first kappa shape index (κ1) is 16.0. The van der Waals surface area contributed by atoms with Crippen molar-refractivity contribution in [2.75, 3.05) is 18.0 Å². The molecule has 114 valence electrons. The molecule has 0 aliphatic carbocycles. The van der Waals surface area contributed by atoms with Crippen LogP contribution >= 0.6 is 11.3 Å². The van der Waals surface area contributed by atoms with E-state index in [2.05, 4.69) is 59.6 Å². The van der Waals surface area contributed by atoms with Crippen LogP contribution < -0.4 is 10.2 Å². The Hall–Kier alpha value is -1.39. The Morgan fingerprint density at radius 3 is 2.86 bits per heavy atom. The molecule has 2 aromatic rings. The average molecular weight is 303 g/mol. The van der Waals surface area contributed by atoms with Crippen LogP contribution in [0.15, 0.2) is 36.0 Å². The van der Waals surface area contributed by atoms with Crippen molar-refractivity contribution in [3.63, 3.8) is 0 Å². The van der Waals surface area contributed by atoms with Gasteiger partial charge in [-0.25, -0.2) is 0 Å². The smallest absolute Gasteiger partial charge is 0.0522 e. The molecule has 0 amide bonds. The molecule has 1 N–H and O–H groups in total. The summed E-state index contributed by atoms with van der Waals surface area (Å²) >= 11 is 1.82. The van der Waals surface area contributed by atoms with Gasteiger partial charge in [-0.3, -0.25) is 4.98 Å². The van der Waals surface area contributed by atoms with Crippen molar-refractivity contribution in [3.8, 4) is 0 Å². The molecular weight excluding hydrogens is 278 g/mol. The Balaban J connectivity index is 2.09. The minimum atomic E-state index is 0.665. The van der Waals surface area contributed by atoms with E-state index < -0.39 is 0 Å². The average Bonchev–Trinajstić information content (AvgIpc) is 2.98. The van der Waals surface area contributed by atoms with E-state index in [9.17, 15) is 0 Å². The zero-order valence-electron chi connectivity index (χ0n) is 13.2. The lowest BCUT2D eigenvalue weighted by atomic mass is 10.2. The van der Waals surface area contributed by atoms with Crippen LogP contribution in [-0.4, -0.2) is 18.1 Å². The highest BCUT2D eigenvalue weighted by atomic mass is 32.1. The zero-order valence-corrected chi connectivity index (χ0v) is 14.0. The van der Waals surface area contributed by atoms with E-state index in [0.29, 0.717) is 5.92 Å². The monoisotopic (exact) mass is 303 g/mol. The Kier molecular flexibility index (Phi) is 6.21. The van der Waals surface area contributed by atoms with Gasteiger partial charge in [-0.2, -0.15) is 0 Å². The molecule has 2 heterocycles. The molecule has 0 spiro atoms. The van der Waals surface area contributed by atoms with Crippen LogP contribution in [0.4, 0.5) is 5.69 Å². The maximum Gasteiger partial charge on any atom is 0.0522 e. The summed E-state index contributed by atoms with van der Waals surface area (Å²) in [6, 6.07) is 6.44. The highest BCUT2D eigenvalue weighted by Gasteiger charge is 2.11. The normalized spacial score (nSPS) is 11.0. The van der Waals surface area contributed by atoms with E-state index in [-0.39, 0.29) is 0 Å². The zero-order chi connectivity index (χ0) is 15.1. The van der Waals surface area contributed by atoms with E-state index in [4.69, 9.17) is 0 Å². The predicted octanol–water partition coefficient (Wildman–Crippen LogP) is 3.92. The number of thiophene rings is 1. The lowest BCUT2D eigenvalue weighted by Crippen LogP contribution is -2.25. The Bertz CT molecular complexity index is 523. The van der Waals surface area contributed by atoms with Crippen molar-refractivity contribution in [3.05, 3.63) is 46.4 Å². The lowest BCUT2D eigenvalue weighted by molar-refractivity contribution is 0.551. The molecule has 4 heteroatoms. The highest BCUT2D eigenvalue weighted by molar-refractivity contribution is 7.09. The van der Waals surface area contributed by atoms with Gasteiger partial charge in [0.05, 0.1) is 6.54 Å². The lowest BCUT2D eigenvalue weighted by Gasteiger charge is -2.25. The van der Waals surface area contributed by atoms with E-state index in [0.717, 1.165) is 26.2 Å². The molecule has 0 unspecified atom stereocenters. The minimum absolute atomic E-state index is 0.665. The standard InChI is InChI=1S/C17H25N3S/c1-4-20(13-16-6-5-9-21-16)17-7-8-18-11-15(17)12-19-10-14(2)3/h5-9,11,14,19H,4,10,12-13H2,1-3H3. The van der Waals surface area contributed by atoms with E-state index in [1.165, 1.54) is 16.1 Å². The van der Waals surface area contributed by atoms with Gasteiger partial charge in [-0.15, -0.1) is 11.3 Å².